The van der Waals surface area contributed by atoms with Crippen LogP contribution in [0.4, 0.5) is 5.13 Å². The monoisotopic (exact) mass is 450 g/mol. The molecule has 0 radical (unpaired) electrons. The molecular formula is C23H22N4O2S2. The molecule has 0 aliphatic rings. The molecule has 0 atom stereocenters. The van der Waals surface area contributed by atoms with E-state index in [0.29, 0.717) is 39.9 Å². The zero-order chi connectivity index (χ0) is 21.8. The summed E-state index contributed by atoms with van der Waals surface area (Å²) in [5.74, 6) is 0.413. The molecule has 31 heavy (non-hydrogen) atoms. The first kappa shape index (κ1) is 21.3. The summed E-state index contributed by atoms with van der Waals surface area (Å²) in [6, 6.07) is 15.5. The third-order valence-corrected chi connectivity index (χ3v) is 6.54. The number of carbonyl (C=O) groups excluding carboxylic acids is 1. The maximum atomic E-state index is 12.7. The fourth-order valence-electron chi connectivity index (χ4n) is 3.14. The van der Waals surface area contributed by atoms with Gasteiger partial charge in [0.25, 0.3) is 5.56 Å². The summed E-state index contributed by atoms with van der Waals surface area (Å²) < 4.78 is 1.65. The molecule has 2 aromatic heterocycles. The van der Waals surface area contributed by atoms with Gasteiger partial charge in [-0.15, -0.1) is 11.3 Å². The molecule has 0 spiro atoms. The molecule has 0 fully saturated rings. The molecule has 158 valence electrons. The first-order chi connectivity index (χ1) is 15.0. The van der Waals surface area contributed by atoms with Crippen LogP contribution in [0.2, 0.25) is 0 Å². The van der Waals surface area contributed by atoms with Crippen molar-refractivity contribution in [1.82, 2.24) is 14.5 Å². The number of anilines is 1. The van der Waals surface area contributed by atoms with Gasteiger partial charge in [0.05, 0.1) is 16.6 Å². The average Bonchev–Trinajstić information content (AvgIpc) is 3.23. The zero-order valence-corrected chi connectivity index (χ0v) is 18.9. The van der Waals surface area contributed by atoms with E-state index in [-0.39, 0.29) is 11.5 Å². The van der Waals surface area contributed by atoms with Crippen LogP contribution in [0.5, 0.6) is 0 Å². The minimum atomic E-state index is -0.108. The Morgan fingerprint density at radius 3 is 2.68 bits per heavy atom. The van der Waals surface area contributed by atoms with Crippen molar-refractivity contribution in [3.05, 3.63) is 69.8 Å². The van der Waals surface area contributed by atoms with Gasteiger partial charge in [0, 0.05) is 29.7 Å². The number of nitrogens with zero attached hydrogens (tertiary/aromatic N) is 3. The smallest absolute Gasteiger partial charge is 0.262 e. The summed E-state index contributed by atoms with van der Waals surface area (Å²) in [6.07, 6.45) is 0.302. The van der Waals surface area contributed by atoms with E-state index in [1.807, 2.05) is 61.7 Å². The van der Waals surface area contributed by atoms with E-state index in [2.05, 4.69) is 15.3 Å². The summed E-state index contributed by atoms with van der Waals surface area (Å²) in [5, 5.41) is 6.63. The van der Waals surface area contributed by atoms with Gasteiger partial charge in [0.2, 0.25) is 5.91 Å². The molecule has 8 heteroatoms. The summed E-state index contributed by atoms with van der Waals surface area (Å²) in [6.45, 7) is 4.50. The molecule has 4 rings (SSSR count). The molecule has 2 heterocycles. The Hall–Kier alpha value is -2.97. The predicted molar refractivity (Wildman–Crippen MR) is 128 cm³/mol. The second-order valence-electron chi connectivity index (χ2n) is 7.01. The van der Waals surface area contributed by atoms with Crippen LogP contribution in [0.3, 0.4) is 0 Å². The Morgan fingerprint density at radius 2 is 1.90 bits per heavy atom. The number of rotatable bonds is 7. The maximum Gasteiger partial charge on any atom is 0.262 e. The summed E-state index contributed by atoms with van der Waals surface area (Å²) in [7, 11) is 0. The normalized spacial score (nSPS) is 11.0. The van der Waals surface area contributed by atoms with E-state index >= 15 is 0 Å². The Kier molecular flexibility index (Phi) is 6.48. The Labute approximate surface area is 188 Å². The largest absolute Gasteiger partial charge is 0.302 e. The highest BCUT2D eigenvalue weighted by Gasteiger charge is 2.12. The maximum absolute atomic E-state index is 12.7. The van der Waals surface area contributed by atoms with E-state index in [1.54, 1.807) is 10.6 Å². The first-order valence-electron chi connectivity index (χ1n) is 10.00. The SMILES string of the molecule is CCn1c(SCCC(=O)Nc2nc(-c3ccc(C)cc3)cs2)nc2ccccc2c1=O. The lowest BCUT2D eigenvalue weighted by Gasteiger charge is -2.10. The van der Waals surface area contributed by atoms with Crippen LogP contribution in [-0.4, -0.2) is 26.2 Å². The van der Waals surface area contributed by atoms with Gasteiger partial charge in [0.15, 0.2) is 10.3 Å². The van der Waals surface area contributed by atoms with Crippen LogP contribution in [0.1, 0.15) is 18.9 Å². The van der Waals surface area contributed by atoms with Gasteiger partial charge in [-0.25, -0.2) is 9.97 Å². The van der Waals surface area contributed by atoms with Crippen molar-refractivity contribution in [3.63, 3.8) is 0 Å². The molecule has 1 amide bonds. The van der Waals surface area contributed by atoms with Crippen LogP contribution in [0.15, 0.2) is 63.9 Å². The van der Waals surface area contributed by atoms with Crippen LogP contribution in [0.25, 0.3) is 22.2 Å². The number of aromatic nitrogens is 3. The molecule has 0 saturated carbocycles. The van der Waals surface area contributed by atoms with E-state index in [1.165, 1.54) is 28.7 Å². The zero-order valence-electron chi connectivity index (χ0n) is 17.3. The highest BCUT2D eigenvalue weighted by Crippen LogP contribution is 2.25. The summed E-state index contributed by atoms with van der Waals surface area (Å²) >= 11 is 2.83. The van der Waals surface area contributed by atoms with Crippen LogP contribution < -0.4 is 10.9 Å². The number of thioether (sulfide) groups is 1. The van der Waals surface area contributed by atoms with E-state index in [9.17, 15) is 9.59 Å². The number of nitrogens with one attached hydrogen (secondary N) is 1. The van der Waals surface area contributed by atoms with Gasteiger partial charge < -0.3 is 5.32 Å². The van der Waals surface area contributed by atoms with Crippen molar-refractivity contribution in [2.75, 3.05) is 11.1 Å². The third kappa shape index (κ3) is 4.86. The van der Waals surface area contributed by atoms with Gasteiger partial charge in [-0.05, 0) is 26.0 Å². The average molecular weight is 451 g/mol. The Balaban J connectivity index is 1.38. The Bertz CT molecular complexity index is 1280. The van der Waals surface area contributed by atoms with Crippen molar-refractivity contribution in [1.29, 1.82) is 0 Å². The topological polar surface area (TPSA) is 76.9 Å². The fraction of sp³-hybridized carbons (Fsp3) is 0.217. The lowest BCUT2D eigenvalue weighted by molar-refractivity contribution is -0.115. The van der Waals surface area contributed by atoms with Gasteiger partial charge in [-0.2, -0.15) is 0 Å². The van der Waals surface area contributed by atoms with Crippen LogP contribution in [0, 0.1) is 6.92 Å². The van der Waals surface area contributed by atoms with Crippen molar-refractivity contribution in [2.45, 2.75) is 32.0 Å². The van der Waals surface area contributed by atoms with E-state index in [4.69, 9.17) is 0 Å². The molecular weight excluding hydrogens is 428 g/mol. The molecule has 2 aromatic carbocycles. The molecule has 4 aromatic rings. The number of amides is 1. The van der Waals surface area contributed by atoms with Crippen molar-refractivity contribution < 1.29 is 4.79 Å². The number of fused-ring (bicyclic) bond motifs is 1. The number of carbonyl (C=O) groups is 1. The van der Waals surface area contributed by atoms with E-state index < -0.39 is 0 Å². The number of aryl methyl sites for hydroxylation is 1. The standard InChI is InChI=1S/C23H22N4O2S2/c1-3-27-21(29)17-6-4-5-7-18(17)25-23(27)30-13-12-20(28)26-22-24-19(14-31-22)16-10-8-15(2)9-11-16/h4-11,14H,3,12-13H2,1-2H3,(H,24,26,28). The van der Waals surface area contributed by atoms with Gasteiger partial charge in [0.1, 0.15) is 0 Å². The molecule has 1 N–H and O–H groups in total. The van der Waals surface area contributed by atoms with Gasteiger partial charge >= 0.3 is 0 Å². The third-order valence-electron chi connectivity index (χ3n) is 4.80. The number of para-hydroxylation sites is 1. The van der Waals surface area contributed by atoms with Crippen LogP contribution >= 0.6 is 23.1 Å². The van der Waals surface area contributed by atoms with Gasteiger partial charge in [-0.3, -0.25) is 14.2 Å². The highest BCUT2D eigenvalue weighted by atomic mass is 32.2. The van der Waals surface area contributed by atoms with Crippen LogP contribution in [-0.2, 0) is 11.3 Å². The number of thiazole rings is 1. The first-order valence-corrected chi connectivity index (χ1v) is 11.9. The second kappa shape index (κ2) is 9.45. The Morgan fingerprint density at radius 1 is 1.13 bits per heavy atom. The van der Waals surface area contributed by atoms with Crippen molar-refractivity contribution >= 4 is 45.0 Å². The van der Waals surface area contributed by atoms with Crippen molar-refractivity contribution in [2.24, 2.45) is 0 Å². The molecule has 0 aliphatic heterocycles. The number of benzene rings is 2. The summed E-state index contributed by atoms with van der Waals surface area (Å²) in [5.41, 5.74) is 3.70. The quantitative estimate of drug-likeness (QED) is 0.318. The fourth-order valence-corrected chi connectivity index (χ4v) is 4.88. The predicted octanol–water partition coefficient (Wildman–Crippen LogP) is 4.97. The number of hydrogen-bond acceptors (Lipinski definition) is 6. The lowest BCUT2D eigenvalue weighted by atomic mass is 10.1. The number of hydrogen-bond donors (Lipinski definition) is 1. The lowest BCUT2D eigenvalue weighted by Crippen LogP contribution is -2.22. The summed E-state index contributed by atoms with van der Waals surface area (Å²) in [4.78, 5) is 34.2. The highest BCUT2D eigenvalue weighted by molar-refractivity contribution is 7.99. The molecule has 6 nitrogen and oxygen atoms in total. The van der Waals surface area contributed by atoms with Crippen molar-refractivity contribution in [3.8, 4) is 11.3 Å². The minimum Gasteiger partial charge on any atom is -0.302 e. The van der Waals surface area contributed by atoms with E-state index in [0.717, 1.165) is 11.3 Å². The second-order valence-corrected chi connectivity index (χ2v) is 8.93. The molecule has 0 saturated heterocycles. The van der Waals surface area contributed by atoms with Gasteiger partial charge in [-0.1, -0.05) is 53.7 Å². The minimum absolute atomic E-state index is 0.0496. The molecule has 0 unspecified atom stereocenters. The molecule has 0 bridgehead atoms. The molecule has 0 aliphatic carbocycles.